The van der Waals surface area contributed by atoms with E-state index in [9.17, 15) is 24.6 Å². The molecule has 0 saturated carbocycles. The fourth-order valence-corrected chi connectivity index (χ4v) is 2.76. The van der Waals surface area contributed by atoms with E-state index in [4.69, 9.17) is 0 Å². The van der Waals surface area contributed by atoms with Crippen molar-refractivity contribution in [3.63, 3.8) is 0 Å². The van der Waals surface area contributed by atoms with Gasteiger partial charge in [0.1, 0.15) is 0 Å². The molecule has 0 fully saturated rings. The van der Waals surface area contributed by atoms with Crippen molar-refractivity contribution >= 4 is 33.8 Å². The lowest BCUT2D eigenvalue weighted by Crippen LogP contribution is -2.45. The third kappa shape index (κ3) is 4.80. The molecule has 0 radical (unpaired) electrons. The number of amides is 1. The van der Waals surface area contributed by atoms with E-state index >= 15 is 0 Å². The second-order valence-corrected chi connectivity index (χ2v) is 6.48. The Bertz CT molecular complexity index is 582. The fourth-order valence-electron chi connectivity index (χ4n) is 2.50. The smallest absolute Gasteiger partial charge is 0.321 e. The molecule has 1 aromatic carbocycles. The van der Waals surface area contributed by atoms with Gasteiger partial charge in [-0.2, -0.15) is 0 Å². The lowest BCUT2D eigenvalue weighted by atomic mass is 9.78. The summed E-state index contributed by atoms with van der Waals surface area (Å²) in [5, 5.41) is 19.1. The molecule has 1 amide bonds. The van der Waals surface area contributed by atoms with Gasteiger partial charge in [-0.1, -0.05) is 28.1 Å². The number of hydrogen-bond donors (Lipinski definition) is 2. The molecular formula is C17H22BrNO5. The summed E-state index contributed by atoms with van der Waals surface area (Å²) in [4.78, 5) is 37.2. The predicted octanol–water partition coefficient (Wildman–Crippen LogP) is 2.80. The number of halogens is 1. The summed E-state index contributed by atoms with van der Waals surface area (Å²) in [7, 11) is 0. The minimum absolute atomic E-state index is 0.147. The van der Waals surface area contributed by atoms with Gasteiger partial charge in [0.05, 0.1) is 6.42 Å². The van der Waals surface area contributed by atoms with Crippen LogP contribution in [0.4, 0.5) is 0 Å². The van der Waals surface area contributed by atoms with Crippen molar-refractivity contribution in [2.24, 2.45) is 5.41 Å². The van der Waals surface area contributed by atoms with Crippen LogP contribution in [0, 0.1) is 5.41 Å². The van der Waals surface area contributed by atoms with Gasteiger partial charge >= 0.3 is 11.9 Å². The van der Waals surface area contributed by atoms with Crippen LogP contribution in [-0.2, 0) is 20.8 Å². The van der Waals surface area contributed by atoms with Crippen molar-refractivity contribution in [3.8, 4) is 0 Å². The van der Waals surface area contributed by atoms with Crippen molar-refractivity contribution < 1.29 is 24.6 Å². The van der Waals surface area contributed by atoms with Gasteiger partial charge in [-0.15, -0.1) is 0 Å². The van der Waals surface area contributed by atoms with E-state index in [1.807, 2.05) is 0 Å². The van der Waals surface area contributed by atoms with E-state index < -0.39 is 29.7 Å². The Balaban J connectivity index is 3.01. The molecule has 2 N–H and O–H groups in total. The van der Waals surface area contributed by atoms with Crippen molar-refractivity contribution in [2.45, 2.75) is 33.1 Å². The molecule has 0 aliphatic rings. The molecule has 0 atom stereocenters. The number of carboxylic acids is 2. The molecule has 0 aromatic heterocycles. The SMILES string of the molecule is CCN(CC)C(=O)CC(CCc1ccc(Br)cc1)(C(=O)O)C(=O)O. The number of rotatable bonds is 9. The van der Waals surface area contributed by atoms with E-state index in [2.05, 4.69) is 15.9 Å². The Hall–Kier alpha value is -1.89. The van der Waals surface area contributed by atoms with Gasteiger partial charge in [-0.25, -0.2) is 0 Å². The zero-order valence-electron chi connectivity index (χ0n) is 13.8. The summed E-state index contributed by atoms with van der Waals surface area (Å²) in [6, 6.07) is 7.20. The Morgan fingerprint density at radius 3 is 1.96 bits per heavy atom. The maximum absolute atomic E-state index is 12.3. The maximum atomic E-state index is 12.3. The third-order valence-electron chi connectivity index (χ3n) is 4.14. The number of carbonyl (C=O) groups is 3. The van der Waals surface area contributed by atoms with Gasteiger partial charge in [0, 0.05) is 17.6 Å². The normalized spacial score (nSPS) is 11.1. The molecule has 0 spiro atoms. The molecule has 132 valence electrons. The predicted molar refractivity (Wildman–Crippen MR) is 92.7 cm³/mol. The topological polar surface area (TPSA) is 94.9 Å². The average Bonchev–Trinajstić information content (AvgIpc) is 2.53. The molecule has 7 heteroatoms. The number of aryl methyl sites for hydroxylation is 1. The van der Waals surface area contributed by atoms with Crippen LogP contribution >= 0.6 is 15.9 Å². The van der Waals surface area contributed by atoms with Crippen LogP contribution in [0.2, 0.25) is 0 Å². The van der Waals surface area contributed by atoms with Crippen molar-refractivity contribution in [1.82, 2.24) is 4.90 Å². The summed E-state index contributed by atoms with van der Waals surface area (Å²) < 4.78 is 0.880. The standard InChI is InChI=1S/C17H22BrNO5/c1-3-19(4-2)14(20)11-17(15(21)22,16(23)24)10-9-12-5-7-13(18)8-6-12/h5-8H,3-4,9-11H2,1-2H3,(H,21,22)(H,23,24). The summed E-state index contributed by atoms with van der Waals surface area (Å²) in [6.45, 7) is 4.37. The first-order valence-corrected chi connectivity index (χ1v) is 8.55. The molecule has 0 aliphatic carbocycles. The number of aliphatic carboxylic acids is 2. The molecule has 0 heterocycles. The average molecular weight is 400 g/mol. The van der Waals surface area contributed by atoms with Crippen LogP contribution in [0.3, 0.4) is 0 Å². The van der Waals surface area contributed by atoms with Crippen LogP contribution in [0.15, 0.2) is 28.7 Å². The number of carboxylic acid groups (broad SMARTS) is 2. The summed E-state index contributed by atoms with van der Waals surface area (Å²) >= 11 is 3.31. The van der Waals surface area contributed by atoms with Crippen LogP contribution < -0.4 is 0 Å². The highest BCUT2D eigenvalue weighted by Gasteiger charge is 2.48. The van der Waals surface area contributed by atoms with Crippen molar-refractivity contribution in [1.29, 1.82) is 0 Å². The van der Waals surface area contributed by atoms with Crippen molar-refractivity contribution in [2.75, 3.05) is 13.1 Å². The number of nitrogens with zero attached hydrogens (tertiary/aromatic N) is 1. The Morgan fingerprint density at radius 2 is 1.54 bits per heavy atom. The number of benzene rings is 1. The number of carbonyl (C=O) groups excluding carboxylic acids is 1. The van der Waals surface area contributed by atoms with Crippen LogP contribution in [-0.4, -0.2) is 46.0 Å². The summed E-state index contributed by atoms with van der Waals surface area (Å²) in [6.07, 6.45) is -0.431. The Kier molecular flexibility index (Phi) is 7.41. The minimum Gasteiger partial charge on any atom is -0.480 e. The lowest BCUT2D eigenvalue weighted by Gasteiger charge is -2.27. The summed E-state index contributed by atoms with van der Waals surface area (Å²) in [5.74, 6) is -3.42. The molecule has 0 unspecified atom stereocenters. The molecule has 6 nitrogen and oxygen atoms in total. The highest BCUT2D eigenvalue weighted by molar-refractivity contribution is 9.10. The van der Waals surface area contributed by atoms with Gasteiger partial charge in [-0.05, 0) is 44.4 Å². The Labute approximate surface area is 149 Å². The molecular weight excluding hydrogens is 378 g/mol. The molecule has 1 aromatic rings. The maximum Gasteiger partial charge on any atom is 0.321 e. The zero-order valence-corrected chi connectivity index (χ0v) is 15.4. The van der Waals surface area contributed by atoms with Gasteiger partial charge in [0.25, 0.3) is 0 Å². The molecule has 0 saturated heterocycles. The van der Waals surface area contributed by atoms with Crippen LogP contribution in [0.1, 0.15) is 32.3 Å². The van der Waals surface area contributed by atoms with E-state index in [1.165, 1.54) is 4.90 Å². The first-order chi connectivity index (χ1) is 11.3. The highest BCUT2D eigenvalue weighted by Crippen LogP contribution is 2.31. The van der Waals surface area contributed by atoms with Gasteiger partial charge in [0.2, 0.25) is 5.91 Å². The molecule has 0 bridgehead atoms. The largest absolute Gasteiger partial charge is 0.480 e. The molecule has 1 rings (SSSR count). The minimum atomic E-state index is -2.12. The van der Waals surface area contributed by atoms with E-state index in [1.54, 1.807) is 38.1 Å². The fraction of sp³-hybridized carbons (Fsp3) is 0.471. The second kappa shape index (κ2) is 8.82. The quantitative estimate of drug-likeness (QED) is 0.622. The second-order valence-electron chi connectivity index (χ2n) is 5.56. The first-order valence-electron chi connectivity index (χ1n) is 7.75. The van der Waals surface area contributed by atoms with Gasteiger partial charge in [0.15, 0.2) is 5.41 Å². The Morgan fingerprint density at radius 1 is 1.04 bits per heavy atom. The van der Waals surface area contributed by atoms with Gasteiger partial charge in [-0.3, -0.25) is 14.4 Å². The molecule has 24 heavy (non-hydrogen) atoms. The third-order valence-corrected chi connectivity index (χ3v) is 4.67. The van der Waals surface area contributed by atoms with Crippen LogP contribution in [0.5, 0.6) is 0 Å². The van der Waals surface area contributed by atoms with Crippen LogP contribution in [0.25, 0.3) is 0 Å². The van der Waals surface area contributed by atoms with E-state index in [0.717, 1.165) is 10.0 Å². The summed E-state index contributed by atoms with van der Waals surface area (Å²) in [5.41, 5.74) is -1.30. The van der Waals surface area contributed by atoms with E-state index in [0.29, 0.717) is 13.1 Å². The van der Waals surface area contributed by atoms with E-state index in [-0.39, 0.29) is 12.8 Å². The van der Waals surface area contributed by atoms with Gasteiger partial charge < -0.3 is 15.1 Å². The van der Waals surface area contributed by atoms with Crippen molar-refractivity contribution in [3.05, 3.63) is 34.3 Å². The lowest BCUT2D eigenvalue weighted by molar-refractivity contribution is -0.168. The monoisotopic (exact) mass is 399 g/mol. The zero-order chi connectivity index (χ0) is 18.3. The number of hydrogen-bond acceptors (Lipinski definition) is 3. The first kappa shape index (κ1) is 20.2. The highest BCUT2D eigenvalue weighted by atomic mass is 79.9. The molecule has 0 aliphatic heterocycles.